The molecule has 0 aliphatic carbocycles. The fourth-order valence-corrected chi connectivity index (χ4v) is 2.16. The number of methoxy groups -OCH3 is 2. The molecule has 0 saturated carbocycles. The summed E-state index contributed by atoms with van der Waals surface area (Å²) in [6, 6.07) is 3.11. The standard InChI is InChI=1S/C14H20O4/c1-5-9(6-2)13-11(17-3)7-10(14(15)16)8-12(13)18-4/h7-9H,5-6H2,1-4H3,(H,15,16). The van der Waals surface area contributed by atoms with Crippen LogP contribution in [0.1, 0.15) is 48.5 Å². The molecule has 0 saturated heterocycles. The Balaban J connectivity index is 3.42. The summed E-state index contributed by atoms with van der Waals surface area (Å²) in [7, 11) is 3.10. The molecule has 0 atom stereocenters. The van der Waals surface area contributed by atoms with Gasteiger partial charge in [-0.1, -0.05) is 13.8 Å². The molecule has 0 amide bonds. The highest BCUT2D eigenvalue weighted by Crippen LogP contribution is 2.39. The Kier molecular flexibility index (Phi) is 5.01. The molecule has 0 bridgehead atoms. The van der Waals surface area contributed by atoms with Crippen LogP contribution in [-0.4, -0.2) is 25.3 Å². The highest BCUT2D eigenvalue weighted by atomic mass is 16.5. The first-order chi connectivity index (χ1) is 8.58. The summed E-state index contributed by atoms with van der Waals surface area (Å²) in [5.41, 5.74) is 1.13. The summed E-state index contributed by atoms with van der Waals surface area (Å²) in [5, 5.41) is 9.06. The molecule has 0 aromatic heterocycles. The second-order valence-corrected chi connectivity index (χ2v) is 4.11. The summed E-state index contributed by atoms with van der Waals surface area (Å²) >= 11 is 0. The maximum Gasteiger partial charge on any atom is 0.335 e. The highest BCUT2D eigenvalue weighted by Gasteiger charge is 2.21. The first-order valence-electron chi connectivity index (χ1n) is 6.08. The van der Waals surface area contributed by atoms with Gasteiger partial charge in [0.1, 0.15) is 11.5 Å². The van der Waals surface area contributed by atoms with Gasteiger partial charge >= 0.3 is 5.97 Å². The van der Waals surface area contributed by atoms with Gasteiger partial charge in [-0.05, 0) is 30.9 Å². The van der Waals surface area contributed by atoms with Crippen LogP contribution in [0.15, 0.2) is 12.1 Å². The molecule has 4 nitrogen and oxygen atoms in total. The molecule has 0 radical (unpaired) electrons. The zero-order valence-corrected chi connectivity index (χ0v) is 11.3. The molecule has 1 N–H and O–H groups in total. The predicted molar refractivity (Wildman–Crippen MR) is 69.8 cm³/mol. The molecule has 0 fully saturated rings. The van der Waals surface area contributed by atoms with Crippen molar-refractivity contribution in [3.05, 3.63) is 23.3 Å². The fourth-order valence-electron chi connectivity index (χ4n) is 2.16. The highest BCUT2D eigenvalue weighted by molar-refractivity contribution is 5.89. The lowest BCUT2D eigenvalue weighted by Gasteiger charge is -2.20. The van der Waals surface area contributed by atoms with E-state index < -0.39 is 5.97 Å². The summed E-state index contributed by atoms with van der Waals surface area (Å²) < 4.78 is 10.6. The lowest BCUT2D eigenvalue weighted by Crippen LogP contribution is -2.06. The van der Waals surface area contributed by atoms with Crippen LogP contribution in [0.4, 0.5) is 0 Å². The molecular weight excluding hydrogens is 232 g/mol. The lowest BCUT2D eigenvalue weighted by molar-refractivity contribution is 0.0696. The Hall–Kier alpha value is -1.71. The molecule has 18 heavy (non-hydrogen) atoms. The van der Waals surface area contributed by atoms with Gasteiger partial charge < -0.3 is 14.6 Å². The van der Waals surface area contributed by atoms with Crippen molar-refractivity contribution in [3.63, 3.8) is 0 Å². The van der Waals surface area contributed by atoms with Gasteiger partial charge in [0.05, 0.1) is 19.8 Å². The molecule has 0 heterocycles. The van der Waals surface area contributed by atoms with Crippen LogP contribution in [0.25, 0.3) is 0 Å². The van der Waals surface area contributed by atoms with Crippen molar-refractivity contribution in [2.24, 2.45) is 0 Å². The van der Waals surface area contributed by atoms with Crippen molar-refractivity contribution in [1.29, 1.82) is 0 Å². The van der Waals surface area contributed by atoms with E-state index in [4.69, 9.17) is 14.6 Å². The van der Waals surface area contributed by atoms with Crippen molar-refractivity contribution in [2.75, 3.05) is 14.2 Å². The molecule has 0 spiro atoms. The smallest absolute Gasteiger partial charge is 0.335 e. The first-order valence-corrected chi connectivity index (χ1v) is 6.08. The third-order valence-corrected chi connectivity index (χ3v) is 3.18. The number of carbonyl (C=O) groups is 1. The predicted octanol–water partition coefficient (Wildman–Crippen LogP) is 3.31. The number of ether oxygens (including phenoxy) is 2. The van der Waals surface area contributed by atoms with E-state index >= 15 is 0 Å². The van der Waals surface area contributed by atoms with Gasteiger partial charge in [0.2, 0.25) is 0 Å². The molecule has 0 aliphatic heterocycles. The van der Waals surface area contributed by atoms with Crippen molar-refractivity contribution in [3.8, 4) is 11.5 Å². The summed E-state index contributed by atoms with van der Waals surface area (Å²) in [4.78, 5) is 11.0. The van der Waals surface area contributed by atoms with Gasteiger partial charge in [0, 0.05) is 5.56 Å². The average molecular weight is 252 g/mol. The average Bonchev–Trinajstić information content (AvgIpc) is 2.39. The zero-order chi connectivity index (χ0) is 13.7. The lowest BCUT2D eigenvalue weighted by atomic mass is 9.91. The Morgan fingerprint density at radius 2 is 1.61 bits per heavy atom. The van der Waals surface area contributed by atoms with Crippen LogP contribution in [0.5, 0.6) is 11.5 Å². The Labute approximate surface area is 108 Å². The van der Waals surface area contributed by atoms with E-state index in [0.717, 1.165) is 18.4 Å². The third kappa shape index (κ3) is 2.75. The van der Waals surface area contributed by atoms with E-state index in [1.54, 1.807) is 26.4 Å². The number of aromatic carboxylic acids is 1. The molecule has 100 valence electrons. The van der Waals surface area contributed by atoms with E-state index in [2.05, 4.69) is 13.8 Å². The fraction of sp³-hybridized carbons (Fsp3) is 0.500. The van der Waals surface area contributed by atoms with E-state index in [-0.39, 0.29) is 5.56 Å². The van der Waals surface area contributed by atoms with E-state index in [1.165, 1.54) is 0 Å². The zero-order valence-electron chi connectivity index (χ0n) is 11.3. The Bertz CT molecular complexity index is 397. The van der Waals surface area contributed by atoms with Crippen LogP contribution >= 0.6 is 0 Å². The SMILES string of the molecule is CCC(CC)c1c(OC)cc(C(=O)O)cc1OC. The normalized spacial score (nSPS) is 10.5. The van der Waals surface area contributed by atoms with Crippen LogP contribution in [0.2, 0.25) is 0 Å². The van der Waals surface area contributed by atoms with Gasteiger partial charge in [-0.2, -0.15) is 0 Å². The van der Waals surface area contributed by atoms with Crippen molar-refractivity contribution in [2.45, 2.75) is 32.6 Å². The molecular formula is C14H20O4. The van der Waals surface area contributed by atoms with Crippen LogP contribution in [0, 0.1) is 0 Å². The minimum absolute atomic E-state index is 0.179. The number of benzene rings is 1. The van der Waals surface area contributed by atoms with Crippen molar-refractivity contribution < 1.29 is 19.4 Å². The maximum atomic E-state index is 11.0. The number of hydrogen-bond acceptors (Lipinski definition) is 3. The molecule has 1 aromatic rings. The van der Waals surface area contributed by atoms with Gasteiger partial charge in [-0.25, -0.2) is 4.79 Å². The van der Waals surface area contributed by atoms with Gasteiger partial charge in [0.15, 0.2) is 0 Å². The molecule has 4 heteroatoms. The largest absolute Gasteiger partial charge is 0.496 e. The van der Waals surface area contributed by atoms with E-state index in [9.17, 15) is 4.79 Å². The second kappa shape index (κ2) is 6.28. The first kappa shape index (κ1) is 14.4. The monoisotopic (exact) mass is 252 g/mol. The topological polar surface area (TPSA) is 55.8 Å². The van der Waals surface area contributed by atoms with Crippen molar-refractivity contribution >= 4 is 5.97 Å². The summed E-state index contributed by atoms with van der Waals surface area (Å²) in [6.45, 7) is 4.19. The van der Waals surface area contributed by atoms with Gasteiger partial charge in [0.25, 0.3) is 0 Å². The second-order valence-electron chi connectivity index (χ2n) is 4.11. The molecule has 0 unspecified atom stereocenters. The van der Waals surface area contributed by atoms with Gasteiger partial charge in [-0.15, -0.1) is 0 Å². The summed E-state index contributed by atoms with van der Waals surface area (Å²) in [6.07, 6.45) is 1.91. The number of carboxylic acids is 1. The van der Waals surface area contributed by atoms with Crippen LogP contribution in [-0.2, 0) is 0 Å². The molecule has 1 aromatic carbocycles. The minimum Gasteiger partial charge on any atom is -0.496 e. The summed E-state index contributed by atoms with van der Waals surface area (Å²) in [5.74, 6) is 0.487. The number of hydrogen-bond donors (Lipinski definition) is 1. The minimum atomic E-state index is -0.984. The van der Waals surface area contributed by atoms with Crippen LogP contribution in [0.3, 0.4) is 0 Å². The van der Waals surface area contributed by atoms with Crippen LogP contribution < -0.4 is 9.47 Å². The quantitative estimate of drug-likeness (QED) is 0.844. The maximum absolute atomic E-state index is 11.0. The van der Waals surface area contributed by atoms with E-state index in [0.29, 0.717) is 17.4 Å². The van der Waals surface area contributed by atoms with Gasteiger partial charge in [-0.3, -0.25) is 0 Å². The Morgan fingerprint density at radius 1 is 1.17 bits per heavy atom. The molecule has 0 aliphatic rings. The third-order valence-electron chi connectivity index (χ3n) is 3.18. The molecule has 1 rings (SSSR count). The van der Waals surface area contributed by atoms with E-state index in [1.807, 2.05) is 0 Å². The van der Waals surface area contributed by atoms with Crippen molar-refractivity contribution in [1.82, 2.24) is 0 Å². The number of carboxylic acid groups (broad SMARTS) is 1. The number of rotatable bonds is 6. The Morgan fingerprint density at radius 3 is 1.89 bits per heavy atom.